The predicted molar refractivity (Wildman–Crippen MR) is 87.5 cm³/mol. The molecule has 0 unspecified atom stereocenters. The Hall–Kier alpha value is -1.62. The SMILES string of the molecule is Cc1ccnc(N2CCN(c3ccc(F)cc3)CC2)c1Br. The maximum absolute atomic E-state index is 13.0. The molecule has 1 aliphatic rings. The summed E-state index contributed by atoms with van der Waals surface area (Å²) in [5, 5.41) is 0. The first kappa shape index (κ1) is 14.3. The first-order valence-corrected chi connectivity index (χ1v) is 7.81. The molecule has 0 radical (unpaired) electrons. The van der Waals surface area contributed by atoms with Crippen molar-refractivity contribution in [1.29, 1.82) is 0 Å². The van der Waals surface area contributed by atoms with Gasteiger partial charge < -0.3 is 9.80 Å². The van der Waals surface area contributed by atoms with Crippen molar-refractivity contribution in [2.24, 2.45) is 0 Å². The lowest BCUT2D eigenvalue weighted by Gasteiger charge is -2.37. The Bertz CT molecular complexity index is 622. The van der Waals surface area contributed by atoms with E-state index in [2.05, 4.69) is 37.6 Å². The third kappa shape index (κ3) is 3.02. The molecule has 1 fully saturated rings. The standard InChI is InChI=1S/C16H17BrFN3/c1-12-6-7-19-16(15(12)17)21-10-8-20(9-11-21)14-4-2-13(18)3-5-14/h2-7H,8-11H2,1H3. The lowest BCUT2D eigenvalue weighted by molar-refractivity contribution is 0.624. The molecule has 0 saturated carbocycles. The largest absolute Gasteiger partial charge is 0.368 e. The smallest absolute Gasteiger partial charge is 0.143 e. The Morgan fingerprint density at radius 1 is 1.00 bits per heavy atom. The average molecular weight is 350 g/mol. The summed E-state index contributed by atoms with van der Waals surface area (Å²) in [5.74, 6) is 0.819. The van der Waals surface area contributed by atoms with Crippen LogP contribution in [0.25, 0.3) is 0 Å². The van der Waals surface area contributed by atoms with Crippen molar-refractivity contribution in [3.63, 3.8) is 0 Å². The van der Waals surface area contributed by atoms with Crippen molar-refractivity contribution in [3.8, 4) is 0 Å². The van der Waals surface area contributed by atoms with Gasteiger partial charge in [-0.05, 0) is 58.7 Å². The van der Waals surface area contributed by atoms with E-state index in [1.54, 1.807) is 0 Å². The summed E-state index contributed by atoms with van der Waals surface area (Å²) in [7, 11) is 0. The van der Waals surface area contributed by atoms with Crippen LogP contribution in [0.1, 0.15) is 5.56 Å². The van der Waals surface area contributed by atoms with Crippen molar-refractivity contribution < 1.29 is 4.39 Å². The van der Waals surface area contributed by atoms with Crippen molar-refractivity contribution in [1.82, 2.24) is 4.98 Å². The second kappa shape index (κ2) is 6.02. The zero-order valence-electron chi connectivity index (χ0n) is 11.9. The zero-order valence-corrected chi connectivity index (χ0v) is 13.5. The van der Waals surface area contributed by atoms with Crippen LogP contribution in [-0.4, -0.2) is 31.2 Å². The molecule has 0 spiro atoms. The fourth-order valence-corrected chi connectivity index (χ4v) is 3.06. The first-order chi connectivity index (χ1) is 10.1. The minimum absolute atomic E-state index is 0.190. The zero-order chi connectivity index (χ0) is 14.8. The van der Waals surface area contributed by atoms with E-state index in [9.17, 15) is 4.39 Å². The highest BCUT2D eigenvalue weighted by Crippen LogP contribution is 2.28. The normalized spacial score (nSPS) is 15.4. The van der Waals surface area contributed by atoms with Gasteiger partial charge >= 0.3 is 0 Å². The molecule has 3 rings (SSSR count). The molecule has 21 heavy (non-hydrogen) atoms. The third-order valence-corrected chi connectivity index (χ3v) is 4.81. The van der Waals surface area contributed by atoms with E-state index in [0.29, 0.717) is 0 Å². The summed E-state index contributed by atoms with van der Waals surface area (Å²) >= 11 is 3.62. The number of nitrogens with zero attached hydrogens (tertiary/aromatic N) is 3. The lowest BCUT2D eigenvalue weighted by Crippen LogP contribution is -2.47. The fourth-order valence-electron chi connectivity index (χ4n) is 2.57. The van der Waals surface area contributed by atoms with Gasteiger partial charge in [-0.1, -0.05) is 0 Å². The molecule has 1 aromatic carbocycles. The Morgan fingerprint density at radius 2 is 1.62 bits per heavy atom. The van der Waals surface area contributed by atoms with Gasteiger partial charge in [0.1, 0.15) is 11.6 Å². The molecule has 0 atom stereocenters. The van der Waals surface area contributed by atoms with Crippen LogP contribution in [0, 0.1) is 12.7 Å². The maximum atomic E-state index is 13.0. The molecule has 2 heterocycles. The molecule has 0 bridgehead atoms. The molecule has 3 nitrogen and oxygen atoms in total. The number of halogens is 2. The summed E-state index contributed by atoms with van der Waals surface area (Å²) in [4.78, 5) is 9.05. The van der Waals surface area contributed by atoms with E-state index < -0.39 is 0 Å². The van der Waals surface area contributed by atoms with Gasteiger partial charge in [-0.25, -0.2) is 9.37 Å². The summed E-state index contributed by atoms with van der Waals surface area (Å²) in [6.07, 6.45) is 1.85. The number of benzene rings is 1. The Balaban J connectivity index is 1.70. The van der Waals surface area contributed by atoms with E-state index in [1.807, 2.05) is 24.4 Å². The van der Waals surface area contributed by atoms with Crippen molar-refractivity contribution in [3.05, 3.63) is 52.4 Å². The molecule has 1 saturated heterocycles. The summed E-state index contributed by atoms with van der Waals surface area (Å²) in [5.41, 5.74) is 2.27. The Morgan fingerprint density at radius 3 is 2.29 bits per heavy atom. The van der Waals surface area contributed by atoms with Gasteiger partial charge in [-0.15, -0.1) is 0 Å². The van der Waals surface area contributed by atoms with E-state index in [4.69, 9.17) is 0 Å². The van der Waals surface area contributed by atoms with Crippen molar-refractivity contribution in [2.75, 3.05) is 36.0 Å². The Kier molecular flexibility index (Phi) is 4.10. The van der Waals surface area contributed by atoms with E-state index in [-0.39, 0.29) is 5.82 Å². The van der Waals surface area contributed by atoms with E-state index in [1.165, 1.54) is 17.7 Å². The molecule has 0 aliphatic carbocycles. The van der Waals surface area contributed by atoms with Crippen LogP contribution < -0.4 is 9.80 Å². The van der Waals surface area contributed by atoms with E-state index >= 15 is 0 Å². The number of piperazine rings is 1. The highest BCUT2D eigenvalue weighted by molar-refractivity contribution is 9.10. The molecule has 1 aromatic heterocycles. The van der Waals surface area contributed by atoms with Crippen LogP contribution in [0.15, 0.2) is 41.0 Å². The number of rotatable bonds is 2. The minimum atomic E-state index is -0.190. The quantitative estimate of drug-likeness (QED) is 0.825. The molecular formula is C16H17BrFN3. The number of aryl methyl sites for hydroxylation is 1. The fraction of sp³-hybridized carbons (Fsp3) is 0.312. The topological polar surface area (TPSA) is 19.4 Å². The molecule has 1 aliphatic heterocycles. The molecule has 5 heteroatoms. The van der Waals surface area contributed by atoms with Crippen LogP contribution in [-0.2, 0) is 0 Å². The van der Waals surface area contributed by atoms with Gasteiger partial charge in [0.25, 0.3) is 0 Å². The van der Waals surface area contributed by atoms with Crippen LogP contribution in [0.2, 0.25) is 0 Å². The Labute approximate surface area is 132 Å². The monoisotopic (exact) mass is 349 g/mol. The van der Waals surface area contributed by atoms with Gasteiger partial charge in [0.15, 0.2) is 0 Å². The van der Waals surface area contributed by atoms with Gasteiger partial charge in [0, 0.05) is 38.1 Å². The van der Waals surface area contributed by atoms with Crippen LogP contribution in [0.5, 0.6) is 0 Å². The number of hydrogen-bond donors (Lipinski definition) is 0. The molecule has 0 N–H and O–H groups in total. The molecule has 110 valence electrons. The van der Waals surface area contributed by atoms with Crippen molar-refractivity contribution >= 4 is 27.4 Å². The maximum Gasteiger partial charge on any atom is 0.143 e. The number of pyridine rings is 1. The van der Waals surface area contributed by atoms with Gasteiger partial charge in [-0.3, -0.25) is 0 Å². The summed E-state index contributed by atoms with van der Waals surface area (Å²) < 4.78 is 14.0. The summed E-state index contributed by atoms with van der Waals surface area (Å²) in [6, 6.07) is 8.71. The van der Waals surface area contributed by atoms with Crippen LogP contribution >= 0.6 is 15.9 Å². The summed E-state index contributed by atoms with van der Waals surface area (Å²) in [6.45, 7) is 5.71. The number of anilines is 2. The predicted octanol–water partition coefficient (Wildman–Crippen LogP) is 3.62. The minimum Gasteiger partial charge on any atom is -0.368 e. The van der Waals surface area contributed by atoms with Gasteiger partial charge in [-0.2, -0.15) is 0 Å². The van der Waals surface area contributed by atoms with Gasteiger partial charge in [0.2, 0.25) is 0 Å². The number of hydrogen-bond acceptors (Lipinski definition) is 3. The first-order valence-electron chi connectivity index (χ1n) is 7.02. The van der Waals surface area contributed by atoms with Gasteiger partial charge in [0.05, 0.1) is 4.47 Å². The highest BCUT2D eigenvalue weighted by atomic mass is 79.9. The van der Waals surface area contributed by atoms with Crippen LogP contribution in [0.3, 0.4) is 0 Å². The molecular weight excluding hydrogens is 333 g/mol. The highest BCUT2D eigenvalue weighted by Gasteiger charge is 2.20. The lowest BCUT2D eigenvalue weighted by atomic mass is 10.2. The molecule has 2 aromatic rings. The third-order valence-electron chi connectivity index (χ3n) is 3.83. The average Bonchev–Trinajstić information content (AvgIpc) is 2.51. The second-order valence-corrected chi connectivity index (χ2v) is 6.01. The van der Waals surface area contributed by atoms with Crippen molar-refractivity contribution in [2.45, 2.75) is 6.92 Å². The second-order valence-electron chi connectivity index (χ2n) is 5.22. The van der Waals surface area contributed by atoms with Crippen LogP contribution in [0.4, 0.5) is 15.9 Å². The number of aromatic nitrogens is 1. The van der Waals surface area contributed by atoms with E-state index in [0.717, 1.165) is 42.2 Å². The molecule has 0 amide bonds.